The number of fused-ring (bicyclic) bond motifs is 1. The first-order chi connectivity index (χ1) is 24.4. The fourth-order valence-corrected chi connectivity index (χ4v) is 7.18. The second-order valence-corrected chi connectivity index (χ2v) is 14.4. The van der Waals surface area contributed by atoms with Gasteiger partial charge in [0.2, 0.25) is 5.91 Å². The first-order valence-electron chi connectivity index (χ1n) is 18.6. The van der Waals surface area contributed by atoms with E-state index in [1.807, 2.05) is 24.3 Å². The molecule has 0 bridgehead atoms. The molecule has 0 spiro atoms. The normalized spacial score (nSPS) is 14.1. The van der Waals surface area contributed by atoms with Gasteiger partial charge >= 0.3 is 0 Å². The Morgan fingerprint density at radius 2 is 1.70 bits per heavy atom. The first-order valence-corrected chi connectivity index (χ1v) is 19.0. The SMILES string of the molecule is C=C(CC(=O)Nc1cc(-c2nc3c(Cl)c(C4(Cc5ccccc5)CC4)[nH]n3n2)ccc1OCC(CCCCCC)CCCCCCCC)OO. The van der Waals surface area contributed by atoms with Gasteiger partial charge in [-0.05, 0) is 61.8 Å². The molecule has 0 aliphatic heterocycles. The maximum atomic E-state index is 12.9. The van der Waals surface area contributed by atoms with Crippen LogP contribution in [0.5, 0.6) is 5.75 Å². The van der Waals surface area contributed by atoms with Crippen LogP contribution in [-0.2, 0) is 21.5 Å². The highest BCUT2D eigenvalue weighted by atomic mass is 35.5. The molecule has 1 saturated carbocycles. The average Bonchev–Trinajstić information content (AvgIpc) is 3.65. The van der Waals surface area contributed by atoms with Crippen LogP contribution in [0.4, 0.5) is 5.69 Å². The highest BCUT2D eigenvalue weighted by Crippen LogP contribution is 2.52. The molecular formula is C40H54ClN5O4. The largest absolute Gasteiger partial charge is 0.491 e. The number of nitrogens with one attached hydrogen (secondary N) is 2. The van der Waals surface area contributed by atoms with Crippen molar-refractivity contribution in [1.29, 1.82) is 0 Å². The van der Waals surface area contributed by atoms with Gasteiger partial charge in [0.05, 0.1) is 24.4 Å². The summed E-state index contributed by atoms with van der Waals surface area (Å²) in [6.07, 6.45) is 17.6. The van der Waals surface area contributed by atoms with Gasteiger partial charge in [-0.15, -0.1) is 5.10 Å². The summed E-state index contributed by atoms with van der Waals surface area (Å²) in [5.41, 5.74) is 3.97. The molecule has 2 heterocycles. The Labute approximate surface area is 301 Å². The molecule has 3 N–H and O–H groups in total. The Kier molecular flexibility index (Phi) is 13.8. The quantitative estimate of drug-likeness (QED) is 0.0307. The number of hydrogen-bond donors (Lipinski definition) is 3. The summed E-state index contributed by atoms with van der Waals surface area (Å²) in [6, 6.07) is 16.1. The third kappa shape index (κ3) is 10.1. The van der Waals surface area contributed by atoms with Crippen molar-refractivity contribution in [2.75, 3.05) is 11.9 Å². The molecule has 2 aromatic carbocycles. The van der Waals surface area contributed by atoms with Crippen molar-refractivity contribution in [3.05, 3.63) is 77.1 Å². The van der Waals surface area contributed by atoms with Gasteiger partial charge in [0.1, 0.15) is 16.5 Å². The Balaban J connectivity index is 1.33. The van der Waals surface area contributed by atoms with Crippen LogP contribution in [0.25, 0.3) is 17.0 Å². The number of hydrogen-bond acceptors (Lipinski definition) is 6. The zero-order chi connectivity index (χ0) is 35.3. The smallest absolute Gasteiger partial charge is 0.232 e. The number of anilines is 1. The minimum absolute atomic E-state index is 0.0391. The third-order valence-electron chi connectivity index (χ3n) is 9.91. The molecule has 2 aromatic heterocycles. The van der Waals surface area contributed by atoms with Gasteiger partial charge in [0, 0.05) is 11.0 Å². The van der Waals surface area contributed by atoms with Gasteiger partial charge < -0.3 is 14.9 Å². The van der Waals surface area contributed by atoms with Crippen molar-refractivity contribution in [3.8, 4) is 17.1 Å². The molecule has 0 radical (unpaired) electrons. The van der Waals surface area contributed by atoms with Crippen molar-refractivity contribution >= 4 is 28.8 Å². The molecule has 5 rings (SSSR count). The van der Waals surface area contributed by atoms with E-state index in [0.29, 0.717) is 46.0 Å². The summed E-state index contributed by atoms with van der Waals surface area (Å²) in [7, 11) is 0. The minimum Gasteiger partial charge on any atom is -0.491 e. The van der Waals surface area contributed by atoms with Crippen molar-refractivity contribution < 1.29 is 19.7 Å². The molecule has 10 heteroatoms. The van der Waals surface area contributed by atoms with E-state index in [2.05, 4.69) is 60.0 Å². The van der Waals surface area contributed by atoms with E-state index in [0.717, 1.165) is 37.8 Å². The van der Waals surface area contributed by atoms with Crippen LogP contribution in [0.3, 0.4) is 0 Å². The summed E-state index contributed by atoms with van der Waals surface area (Å²) >= 11 is 6.96. The standard InChI is InChI=1S/C40H54ClN5O4/c1-4-6-8-10-11-14-20-31(19-13-9-7-5-2)28-49-34-22-21-32(26-33(34)42-35(47)25-29(3)50-48)38-43-39-36(41)37(44-46(39)45-38)40(23-24-40)27-30-17-15-12-16-18-30/h12,15-18,21-22,26,31,44,48H,3-11,13-14,19-20,23-25,27-28H2,1-2H3,(H,42,47). The van der Waals surface area contributed by atoms with E-state index in [1.165, 1.54) is 69.8 Å². The third-order valence-corrected chi connectivity index (χ3v) is 10.3. The number of carbonyl (C=O) groups is 1. The highest BCUT2D eigenvalue weighted by Gasteiger charge is 2.47. The molecule has 1 fully saturated rings. The van der Waals surface area contributed by atoms with Gasteiger partial charge in [-0.1, -0.05) is 127 Å². The van der Waals surface area contributed by atoms with Crippen LogP contribution >= 0.6 is 11.6 Å². The predicted molar refractivity (Wildman–Crippen MR) is 201 cm³/mol. The monoisotopic (exact) mass is 703 g/mol. The fraction of sp³-hybridized carbons (Fsp3) is 0.525. The average molecular weight is 704 g/mol. The van der Waals surface area contributed by atoms with Crippen molar-refractivity contribution in [1.82, 2.24) is 19.8 Å². The summed E-state index contributed by atoms with van der Waals surface area (Å²) in [4.78, 5) is 21.9. The Bertz CT molecular complexity index is 1680. The lowest BCUT2D eigenvalue weighted by Gasteiger charge is -2.20. The molecule has 1 aliphatic rings. The topological polar surface area (TPSA) is 114 Å². The van der Waals surface area contributed by atoms with E-state index >= 15 is 0 Å². The van der Waals surface area contributed by atoms with E-state index < -0.39 is 0 Å². The molecule has 9 nitrogen and oxygen atoms in total. The lowest BCUT2D eigenvalue weighted by atomic mass is 9.93. The number of H-pyrrole nitrogens is 1. The molecule has 270 valence electrons. The van der Waals surface area contributed by atoms with Gasteiger partial charge in [0.25, 0.3) is 0 Å². The number of unbranched alkanes of at least 4 members (excludes halogenated alkanes) is 8. The number of nitrogens with zero attached hydrogens (tertiary/aromatic N) is 3. The van der Waals surface area contributed by atoms with E-state index in [1.54, 1.807) is 4.63 Å². The van der Waals surface area contributed by atoms with Crippen LogP contribution < -0.4 is 10.1 Å². The maximum Gasteiger partial charge on any atom is 0.232 e. The van der Waals surface area contributed by atoms with Crippen LogP contribution in [0.15, 0.2) is 60.9 Å². The lowest BCUT2D eigenvalue weighted by Crippen LogP contribution is -2.16. The number of rotatable bonds is 23. The van der Waals surface area contributed by atoms with Gasteiger partial charge in [-0.25, -0.2) is 10.2 Å². The van der Waals surface area contributed by atoms with Crippen LogP contribution in [0.2, 0.25) is 5.02 Å². The van der Waals surface area contributed by atoms with E-state index in [-0.39, 0.29) is 23.5 Å². The minimum atomic E-state index is -0.389. The number of aromatic amines is 1. The van der Waals surface area contributed by atoms with E-state index in [4.69, 9.17) is 31.7 Å². The van der Waals surface area contributed by atoms with Crippen LogP contribution in [0.1, 0.15) is 121 Å². The lowest BCUT2D eigenvalue weighted by molar-refractivity contribution is -0.205. The number of amides is 1. The molecule has 0 saturated heterocycles. The molecule has 4 aromatic rings. The summed E-state index contributed by atoms with van der Waals surface area (Å²) in [5.74, 6) is 1.04. The van der Waals surface area contributed by atoms with Crippen LogP contribution in [-0.4, -0.2) is 37.6 Å². The van der Waals surface area contributed by atoms with Gasteiger partial charge in [-0.3, -0.25) is 9.89 Å². The van der Waals surface area contributed by atoms with Crippen molar-refractivity contribution in [2.45, 2.75) is 122 Å². The summed E-state index contributed by atoms with van der Waals surface area (Å²) in [5, 5.41) is 20.6. The first kappa shape index (κ1) is 37.4. The number of aromatic nitrogens is 4. The van der Waals surface area contributed by atoms with Crippen molar-refractivity contribution in [2.24, 2.45) is 5.92 Å². The molecular weight excluding hydrogens is 650 g/mol. The molecule has 1 unspecified atom stereocenters. The number of benzene rings is 2. The fourth-order valence-electron chi connectivity index (χ4n) is 6.82. The van der Waals surface area contributed by atoms with Crippen molar-refractivity contribution in [3.63, 3.8) is 0 Å². The predicted octanol–water partition coefficient (Wildman–Crippen LogP) is 10.7. The summed E-state index contributed by atoms with van der Waals surface area (Å²) in [6.45, 7) is 8.63. The second kappa shape index (κ2) is 18.4. The molecule has 1 atom stereocenters. The molecule has 1 aliphatic carbocycles. The number of carbonyl (C=O) groups excluding carboxylic acids is 1. The molecule has 50 heavy (non-hydrogen) atoms. The van der Waals surface area contributed by atoms with Crippen LogP contribution in [0, 0.1) is 5.92 Å². The Morgan fingerprint density at radius 3 is 2.36 bits per heavy atom. The Morgan fingerprint density at radius 1 is 1.02 bits per heavy atom. The highest BCUT2D eigenvalue weighted by molar-refractivity contribution is 6.34. The van der Waals surface area contributed by atoms with Gasteiger partial charge in [0.15, 0.2) is 11.5 Å². The number of halogens is 1. The number of ether oxygens (including phenoxy) is 1. The van der Waals surface area contributed by atoms with E-state index in [9.17, 15) is 4.79 Å². The molecule has 1 amide bonds. The Hall–Kier alpha value is -3.82. The zero-order valence-corrected chi connectivity index (χ0v) is 30.6. The van der Waals surface area contributed by atoms with Gasteiger partial charge in [-0.2, -0.15) is 4.63 Å². The maximum absolute atomic E-state index is 12.9. The summed E-state index contributed by atoms with van der Waals surface area (Å²) < 4.78 is 8.10. The zero-order valence-electron chi connectivity index (χ0n) is 29.8. The second-order valence-electron chi connectivity index (χ2n) is 14.1.